The van der Waals surface area contributed by atoms with E-state index in [0.29, 0.717) is 127 Å². The molecule has 0 aliphatic carbocycles. The Morgan fingerprint density at radius 3 is 0.707 bits per heavy atom. The lowest BCUT2D eigenvalue weighted by Crippen LogP contribution is -2.03. The van der Waals surface area contributed by atoms with Gasteiger partial charge in [-0.3, -0.25) is 0 Å². The molecule has 0 N–H and O–H groups in total. The van der Waals surface area contributed by atoms with Crippen LogP contribution in [0, 0.1) is 152 Å². The molecule has 0 saturated carbocycles. The van der Waals surface area contributed by atoms with Crippen molar-refractivity contribution in [1.82, 2.24) is 0 Å². The van der Waals surface area contributed by atoms with Crippen molar-refractivity contribution in [3.63, 3.8) is 0 Å². The van der Waals surface area contributed by atoms with Crippen molar-refractivity contribution in [1.29, 1.82) is 21.0 Å². The fourth-order valence-corrected chi connectivity index (χ4v) is 14.2. The van der Waals surface area contributed by atoms with E-state index in [1.54, 1.807) is 52.7 Å². The van der Waals surface area contributed by atoms with E-state index in [4.69, 9.17) is 18.9 Å². The van der Waals surface area contributed by atoms with Crippen molar-refractivity contribution in [3.05, 3.63) is 411 Å². The normalized spacial score (nSPS) is 9.89. The molecule has 0 bridgehead atoms. The predicted molar refractivity (Wildman–Crippen MR) is 498 cm³/mol. The van der Waals surface area contributed by atoms with Gasteiger partial charge in [0.2, 0.25) is 0 Å². The molecule has 0 heterocycles. The summed E-state index contributed by atoms with van der Waals surface area (Å²) in [5.74, 6) is 61.9. The molecule has 0 fully saturated rings. The van der Waals surface area contributed by atoms with Crippen LogP contribution in [0.1, 0.15) is 162 Å². The van der Waals surface area contributed by atoms with Gasteiger partial charge in [0.05, 0.1) is 75.0 Å². The lowest BCUT2D eigenvalue weighted by molar-refractivity contribution is 0.385. The Bertz CT molecular complexity index is 6690. The Hall–Kier alpha value is -15.5. The van der Waals surface area contributed by atoms with Crippen molar-refractivity contribution in [2.75, 3.05) is 28.4 Å². The highest BCUT2D eigenvalue weighted by Crippen LogP contribution is 2.35. The highest BCUT2D eigenvalue weighted by molar-refractivity contribution is 7.80. The zero-order chi connectivity index (χ0) is 85.8. The Kier molecular flexibility index (Phi) is 29.3. The molecule has 0 saturated heterocycles. The van der Waals surface area contributed by atoms with E-state index < -0.39 is 0 Å². The maximum absolute atomic E-state index is 10.3. The molecule has 0 unspecified atom stereocenters. The average Bonchev–Trinajstić information content (AvgIpc) is 0.820. The second kappa shape index (κ2) is 42.2. The molecular formula is C111H72N4O4S4. The highest BCUT2D eigenvalue weighted by atomic mass is 32.1. The minimum atomic E-state index is 0.357. The zero-order valence-electron chi connectivity index (χ0n) is 67.4. The van der Waals surface area contributed by atoms with Gasteiger partial charge < -0.3 is 18.9 Å². The molecule has 584 valence electrons. The van der Waals surface area contributed by atoms with Crippen LogP contribution in [0.4, 0.5) is 0 Å². The molecule has 13 rings (SSSR count). The number of hydrogen-bond donors (Lipinski definition) is 4. The minimum Gasteiger partial charge on any atom is -0.496 e. The Morgan fingerprint density at radius 2 is 0.431 bits per heavy atom. The predicted octanol–water partition coefficient (Wildman–Crippen LogP) is 20.7. The number of nitrogens with zero attached hydrogens (tertiary/aromatic N) is 4. The third-order valence-corrected chi connectivity index (χ3v) is 20.8. The van der Waals surface area contributed by atoms with Crippen LogP contribution in [0.2, 0.25) is 0 Å². The summed E-state index contributed by atoms with van der Waals surface area (Å²) in [7, 11) is 6.35. The van der Waals surface area contributed by atoms with E-state index in [9.17, 15) is 21.0 Å². The van der Waals surface area contributed by atoms with Gasteiger partial charge in [-0.1, -0.05) is 143 Å². The molecule has 0 amide bonds. The fourth-order valence-electron chi connectivity index (χ4n) is 13.5. The maximum Gasteiger partial charge on any atom is 0.127 e. The summed E-state index contributed by atoms with van der Waals surface area (Å²) in [4.78, 5) is 3.46. The van der Waals surface area contributed by atoms with Crippen LogP contribution in [0.15, 0.2) is 274 Å². The Balaban J connectivity index is 0.786. The SMILES string of the molecule is COc1cc(C#Cc2cccc(C#Cc3cc(C#Cc4cccc(C#Cc5cc(OC)c(CCc6c(C#N)cc(C#Cc7ccc(S)cc7)cc6C#N)c(OC)c5)c4)cc(C#Cc4cc(C#Cc5ccc(S)cc5)cc(C#Cc5ccc(CCCc6cccc(S)c6)cc5)c4)c3)c2)cc(OC)c1CCc1c(C#N)cc(C#Cc2ccc(S)cc2)cc1C#N. The second-order valence-electron chi connectivity index (χ2n) is 28.1. The van der Waals surface area contributed by atoms with Gasteiger partial charge in [-0.25, -0.2) is 0 Å². The zero-order valence-corrected chi connectivity index (χ0v) is 71.0. The van der Waals surface area contributed by atoms with Crippen molar-refractivity contribution < 1.29 is 18.9 Å². The first-order valence-corrected chi connectivity index (χ1v) is 40.7. The van der Waals surface area contributed by atoms with E-state index in [1.807, 2.05) is 194 Å². The molecule has 0 aliphatic heterocycles. The van der Waals surface area contributed by atoms with E-state index in [0.717, 1.165) is 106 Å². The topological polar surface area (TPSA) is 132 Å². The van der Waals surface area contributed by atoms with Gasteiger partial charge in [-0.05, 0) is 286 Å². The second-order valence-corrected chi connectivity index (χ2v) is 30.2. The smallest absolute Gasteiger partial charge is 0.127 e. The molecule has 0 aliphatic rings. The summed E-state index contributed by atoms with van der Waals surface area (Å²) in [6.45, 7) is 0. The summed E-state index contributed by atoms with van der Waals surface area (Å²) < 4.78 is 23.8. The van der Waals surface area contributed by atoms with Gasteiger partial charge in [0.1, 0.15) is 23.0 Å². The number of methoxy groups -OCH3 is 4. The third-order valence-electron chi connectivity index (χ3n) is 19.6. The minimum absolute atomic E-state index is 0.357. The Labute approximate surface area is 742 Å². The van der Waals surface area contributed by atoms with Gasteiger partial charge in [0.25, 0.3) is 0 Å². The first-order chi connectivity index (χ1) is 60.1. The number of thiol groups is 4. The van der Waals surface area contributed by atoms with E-state index in [-0.39, 0.29) is 0 Å². The number of hydrogen-bond acceptors (Lipinski definition) is 12. The number of aryl methyl sites for hydroxylation is 2. The lowest BCUT2D eigenvalue weighted by atomic mass is 9.93. The van der Waals surface area contributed by atoms with Gasteiger partial charge in [-0.15, -0.1) is 50.5 Å². The fraction of sp³-hybridized carbons (Fsp3) is 0.0991. The molecule has 13 aromatic rings. The molecule has 0 radical (unpaired) electrons. The van der Waals surface area contributed by atoms with E-state index in [2.05, 4.69) is 218 Å². The van der Waals surface area contributed by atoms with Crippen LogP contribution in [0.25, 0.3) is 0 Å². The maximum atomic E-state index is 10.3. The van der Waals surface area contributed by atoms with Gasteiger partial charge in [0.15, 0.2) is 0 Å². The largest absolute Gasteiger partial charge is 0.496 e. The van der Waals surface area contributed by atoms with Crippen molar-refractivity contribution in [2.24, 2.45) is 0 Å². The Morgan fingerprint density at radius 1 is 0.203 bits per heavy atom. The van der Waals surface area contributed by atoms with Crippen LogP contribution in [0.5, 0.6) is 23.0 Å². The van der Waals surface area contributed by atoms with Crippen LogP contribution >= 0.6 is 50.5 Å². The third kappa shape index (κ3) is 24.1. The standard InChI is InChI=1S/C111H72N4O4S4/c1-116-108-68-94(69-109(117-2)106(108)53-51-104-96(72-112)63-92(64-97(104)73-113)31-23-79-41-47-101(121)48-42-79)35-27-84-13-6-11-82(55-84)25-33-88-60-89(62-91(61-88)38-37-90-58-86(57-87(59-90)30-22-78-39-45-100(120)46-40-78)29-21-77-19-17-76(18-20-77)9-5-10-81-15-8-16-103(123)67-81)34-26-83-12-7-14-85(56-83)28-36-95-70-110(118-3)107(111(71-95)119-4)54-52-105-98(74-114)65-93(66-99(105)75-115)32-24-80-43-49-102(122)50-44-80/h6-8,11-20,39-50,55-71,120-123H,5,9-10,51-54H2,1-4H3. The van der Waals surface area contributed by atoms with Crippen LogP contribution in [-0.4, -0.2) is 28.4 Å². The molecule has 123 heavy (non-hydrogen) atoms. The number of benzene rings is 13. The first kappa shape index (κ1) is 85.3. The number of ether oxygens (including phenoxy) is 4. The molecule has 0 aromatic heterocycles. The van der Waals surface area contributed by atoms with Crippen LogP contribution in [-0.2, 0) is 38.5 Å². The first-order valence-electron chi connectivity index (χ1n) is 38.9. The highest BCUT2D eigenvalue weighted by Gasteiger charge is 2.20. The van der Waals surface area contributed by atoms with Crippen molar-refractivity contribution in [3.8, 4) is 154 Å². The van der Waals surface area contributed by atoms with Crippen molar-refractivity contribution in [2.45, 2.75) is 64.5 Å². The van der Waals surface area contributed by atoms with E-state index >= 15 is 0 Å². The summed E-state index contributed by atoms with van der Waals surface area (Å²) in [5, 5.41) is 41.2. The molecule has 0 atom stereocenters. The van der Waals surface area contributed by atoms with Gasteiger partial charge >= 0.3 is 0 Å². The quantitative estimate of drug-likeness (QED) is 0.0625. The van der Waals surface area contributed by atoms with Crippen molar-refractivity contribution >= 4 is 50.5 Å². The monoisotopic (exact) mass is 1650 g/mol. The van der Waals surface area contributed by atoms with Gasteiger partial charge in [-0.2, -0.15) is 21.0 Å². The summed E-state index contributed by atoms with van der Waals surface area (Å²) in [5.41, 5.74) is 19.5. The van der Waals surface area contributed by atoms with Crippen LogP contribution in [0.3, 0.4) is 0 Å². The summed E-state index contributed by atoms with van der Waals surface area (Å²) in [6.07, 6.45) is 4.45. The number of nitriles is 4. The molecule has 8 nitrogen and oxygen atoms in total. The molecule has 12 heteroatoms. The average molecular weight is 1650 g/mol. The van der Waals surface area contributed by atoms with Crippen LogP contribution < -0.4 is 18.9 Å². The lowest BCUT2D eigenvalue weighted by Gasteiger charge is -2.15. The molecule has 13 aromatic carbocycles. The summed E-state index contributed by atoms with van der Waals surface area (Å²) in [6, 6.07) is 89.9. The van der Waals surface area contributed by atoms with Gasteiger partial charge in [0, 0.05) is 131 Å². The summed E-state index contributed by atoms with van der Waals surface area (Å²) >= 11 is 17.7. The number of rotatable bonds is 14. The molecule has 0 spiro atoms. The molecular weight excluding hydrogens is 1580 g/mol. The van der Waals surface area contributed by atoms with E-state index in [1.165, 1.54) is 11.1 Å².